The molecule has 5 heteroatoms. The minimum atomic E-state index is -0.261. The number of hydrogen-bond acceptors (Lipinski definition) is 4. The van der Waals surface area contributed by atoms with E-state index >= 15 is 0 Å². The van der Waals surface area contributed by atoms with Gasteiger partial charge in [-0.1, -0.05) is 11.6 Å². The van der Waals surface area contributed by atoms with Gasteiger partial charge in [0, 0.05) is 17.5 Å². The third-order valence-electron chi connectivity index (χ3n) is 4.73. The van der Waals surface area contributed by atoms with Crippen molar-refractivity contribution in [1.82, 2.24) is 4.98 Å². The van der Waals surface area contributed by atoms with Crippen LogP contribution in [0.4, 0.5) is 5.69 Å². The topological polar surface area (TPSA) is 69.1 Å². The first-order chi connectivity index (χ1) is 11.6. The smallest absolute Gasteiger partial charge is 0.232 e. The van der Waals surface area contributed by atoms with Gasteiger partial charge in [-0.25, -0.2) is 0 Å². The van der Waals surface area contributed by atoms with E-state index in [2.05, 4.69) is 4.98 Å². The minimum Gasteiger partial charge on any atom is -0.450 e. The van der Waals surface area contributed by atoms with Crippen molar-refractivity contribution in [1.29, 1.82) is 0 Å². The molecule has 0 saturated carbocycles. The summed E-state index contributed by atoms with van der Waals surface area (Å²) in [4.78, 5) is 17.0. The highest BCUT2D eigenvalue weighted by Crippen LogP contribution is 2.41. The first-order valence-corrected chi connectivity index (χ1v) is 8.44. The van der Waals surface area contributed by atoms with Gasteiger partial charge in [0.2, 0.25) is 5.78 Å². The maximum absolute atomic E-state index is 12.8. The van der Waals surface area contributed by atoms with Crippen LogP contribution in [0.1, 0.15) is 45.8 Å². The predicted molar refractivity (Wildman–Crippen MR) is 94.7 cm³/mol. The maximum atomic E-state index is 12.8. The van der Waals surface area contributed by atoms with Gasteiger partial charge in [0.15, 0.2) is 5.76 Å². The van der Waals surface area contributed by atoms with Crippen LogP contribution in [0.5, 0.6) is 0 Å². The van der Waals surface area contributed by atoms with Crippen LogP contribution in [0, 0.1) is 6.92 Å². The highest BCUT2D eigenvalue weighted by molar-refractivity contribution is 6.38. The molecule has 2 heterocycles. The standard InChI is InChI=1S/C19H17ClN2O2/c1-10-12(7-4-8-22-10)18(23)19-17(21)15-14(24-19)9-11-5-2-3-6-13(11)16(15)20/h4,7-9H,2-3,5-6,21H2,1H3. The van der Waals surface area contributed by atoms with Gasteiger partial charge >= 0.3 is 0 Å². The number of aromatic nitrogens is 1. The van der Waals surface area contributed by atoms with Crippen molar-refractivity contribution in [3.05, 3.63) is 57.6 Å². The number of fused-ring (bicyclic) bond motifs is 2. The highest BCUT2D eigenvalue weighted by Gasteiger charge is 2.26. The number of nitrogens with zero attached hydrogens (tertiary/aromatic N) is 1. The molecule has 4 rings (SSSR count). The van der Waals surface area contributed by atoms with Gasteiger partial charge in [-0.05, 0) is 61.9 Å². The summed E-state index contributed by atoms with van der Waals surface area (Å²) in [5.74, 6) is -0.117. The first-order valence-electron chi connectivity index (χ1n) is 8.06. The van der Waals surface area contributed by atoms with Gasteiger partial charge < -0.3 is 10.2 Å². The Morgan fingerprint density at radius 3 is 2.92 bits per heavy atom. The van der Waals surface area contributed by atoms with E-state index in [4.69, 9.17) is 21.8 Å². The molecule has 1 aliphatic carbocycles. The fraction of sp³-hybridized carbons (Fsp3) is 0.263. The molecule has 0 radical (unpaired) electrons. The number of hydrogen-bond donors (Lipinski definition) is 1. The van der Waals surface area contributed by atoms with Crippen molar-refractivity contribution in [3.63, 3.8) is 0 Å². The van der Waals surface area contributed by atoms with Crippen LogP contribution in [0.3, 0.4) is 0 Å². The molecule has 0 fully saturated rings. The van der Waals surface area contributed by atoms with Crippen molar-refractivity contribution >= 4 is 34.0 Å². The Hall–Kier alpha value is -2.33. The Morgan fingerprint density at radius 2 is 2.12 bits per heavy atom. The average Bonchev–Trinajstić information content (AvgIpc) is 2.92. The summed E-state index contributed by atoms with van der Waals surface area (Å²) >= 11 is 6.60. The van der Waals surface area contributed by atoms with Gasteiger partial charge in [0.1, 0.15) is 5.58 Å². The lowest BCUT2D eigenvalue weighted by atomic mass is 9.90. The number of carbonyl (C=O) groups is 1. The number of pyridine rings is 1. The highest BCUT2D eigenvalue weighted by atomic mass is 35.5. The number of aryl methyl sites for hydroxylation is 2. The second-order valence-electron chi connectivity index (χ2n) is 6.22. The second kappa shape index (κ2) is 5.64. The normalized spacial score (nSPS) is 13.9. The first kappa shape index (κ1) is 15.2. The molecule has 2 N–H and O–H groups in total. The van der Waals surface area contributed by atoms with E-state index in [9.17, 15) is 4.79 Å². The molecule has 3 aromatic rings. The molecule has 0 spiro atoms. The number of halogens is 1. The molecule has 24 heavy (non-hydrogen) atoms. The summed E-state index contributed by atoms with van der Waals surface area (Å²) in [7, 11) is 0. The van der Waals surface area contributed by atoms with Crippen LogP contribution in [-0.4, -0.2) is 10.8 Å². The molecule has 0 unspecified atom stereocenters. The summed E-state index contributed by atoms with van der Waals surface area (Å²) in [6.07, 6.45) is 5.84. The van der Waals surface area contributed by atoms with Crippen LogP contribution in [0.2, 0.25) is 5.02 Å². The van der Waals surface area contributed by atoms with Gasteiger partial charge in [-0.3, -0.25) is 9.78 Å². The monoisotopic (exact) mass is 340 g/mol. The number of anilines is 1. The zero-order valence-electron chi connectivity index (χ0n) is 13.4. The molecule has 0 amide bonds. The predicted octanol–water partition coefficient (Wildman–Crippen LogP) is 4.48. The third kappa shape index (κ3) is 2.21. The summed E-state index contributed by atoms with van der Waals surface area (Å²) in [6, 6.07) is 5.44. The molecule has 122 valence electrons. The van der Waals surface area contributed by atoms with Crippen LogP contribution in [0.15, 0.2) is 28.8 Å². The van der Waals surface area contributed by atoms with Crippen molar-refractivity contribution in [2.75, 3.05) is 5.73 Å². The molecule has 0 atom stereocenters. The molecule has 2 aromatic heterocycles. The van der Waals surface area contributed by atoms with Crippen LogP contribution in [-0.2, 0) is 12.8 Å². The minimum absolute atomic E-state index is 0.144. The zero-order valence-corrected chi connectivity index (χ0v) is 14.1. The fourth-order valence-corrected chi connectivity index (χ4v) is 3.86. The molecule has 1 aliphatic rings. The van der Waals surface area contributed by atoms with E-state index in [0.29, 0.717) is 32.9 Å². The number of nitrogen functional groups attached to an aromatic ring is 1. The number of benzene rings is 1. The Balaban J connectivity index is 1.92. The largest absolute Gasteiger partial charge is 0.450 e. The lowest BCUT2D eigenvalue weighted by Crippen LogP contribution is -2.06. The van der Waals surface area contributed by atoms with Crippen LogP contribution in [0.25, 0.3) is 11.0 Å². The summed E-state index contributed by atoms with van der Waals surface area (Å²) in [5, 5.41) is 1.28. The van der Waals surface area contributed by atoms with E-state index in [1.165, 1.54) is 5.56 Å². The lowest BCUT2D eigenvalue weighted by Gasteiger charge is -2.17. The Bertz CT molecular complexity index is 975. The molecule has 1 aromatic carbocycles. The van der Waals surface area contributed by atoms with Crippen LogP contribution < -0.4 is 5.73 Å². The lowest BCUT2D eigenvalue weighted by molar-refractivity contribution is 0.101. The SMILES string of the molecule is Cc1ncccc1C(=O)c1oc2cc3c(c(Cl)c2c1N)CCCC3. The molecule has 0 aliphatic heterocycles. The average molecular weight is 341 g/mol. The van der Waals surface area contributed by atoms with Crippen molar-refractivity contribution in [3.8, 4) is 0 Å². The molecule has 4 nitrogen and oxygen atoms in total. The number of rotatable bonds is 2. The third-order valence-corrected chi connectivity index (χ3v) is 5.15. The van der Waals surface area contributed by atoms with Gasteiger partial charge in [0.05, 0.1) is 16.1 Å². The maximum Gasteiger partial charge on any atom is 0.232 e. The van der Waals surface area contributed by atoms with Crippen molar-refractivity contribution in [2.24, 2.45) is 0 Å². The number of nitrogens with two attached hydrogens (primary N) is 1. The van der Waals surface area contributed by atoms with Gasteiger partial charge in [-0.15, -0.1) is 0 Å². The summed E-state index contributed by atoms with van der Waals surface area (Å²) in [6.45, 7) is 1.79. The van der Waals surface area contributed by atoms with E-state index < -0.39 is 0 Å². The van der Waals surface area contributed by atoms with Gasteiger partial charge in [-0.2, -0.15) is 0 Å². The fourth-order valence-electron chi connectivity index (χ4n) is 3.45. The Kier molecular flexibility index (Phi) is 3.57. The number of carbonyl (C=O) groups excluding carboxylic acids is 1. The van der Waals surface area contributed by atoms with Crippen molar-refractivity contribution in [2.45, 2.75) is 32.6 Å². The van der Waals surface area contributed by atoms with E-state index in [-0.39, 0.29) is 11.5 Å². The number of furan rings is 1. The molecule has 0 bridgehead atoms. The Labute approximate surface area is 144 Å². The molecule has 0 saturated heterocycles. The van der Waals surface area contributed by atoms with Crippen molar-refractivity contribution < 1.29 is 9.21 Å². The number of ketones is 1. The van der Waals surface area contributed by atoms with Crippen LogP contribution >= 0.6 is 11.6 Å². The van der Waals surface area contributed by atoms with E-state index in [1.807, 2.05) is 6.07 Å². The summed E-state index contributed by atoms with van der Waals surface area (Å²) in [5.41, 5.74) is 10.6. The second-order valence-corrected chi connectivity index (χ2v) is 6.60. The quantitative estimate of drug-likeness (QED) is 0.698. The van der Waals surface area contributed by atoms with E-state index in [0.717, 1.165) is 31.2 Å². The zero-order chi connectivity index (χ0) is 16.8. The summed E-state index contributed by atoms with van der Waals surface area (Å²) < 4.78 is 5.83. The molecular weight excluding hydrogens is 324 g/mol. The van der Waals surface area contributed by atoms with Gasteiger partial charge in [0.25, 0.3) is 0 Å². The molecular formula is C19H17ClN2O2. The Morgan fingerprint density at radius 1 is 1.33 bits per heavy atom. The van der Waals surface area contributed by atoms with E-state index in [1.54, 1.807) is 25.3 Å².